The topological polar surface area (TPSA) is 71.1 Å². The smallest absolute Gasteiger partial charge is 0.430 e. The average Bonchev–Trinajstić information content (AvgIpc) is 2.58. The first-order chi connectivity index (χ1) is 5.75. The van der Waals surface area contributed by atoms with Gasteiger partial charge in [-0.2, -0.15) is 0 Å². The molecule has 0 radical (unpaired) electrons. The van der Waals surface area contributed by atoms with Crippen molar-refractivity contribution in [1.29, 1.82) is 0 Å². The molecular formula is C6H6O6. The zero-order valence-corrected chi connectivity index (χ0v) is 6.02. The van der Waals surface area contributed by atoms with E-state index in [0.717, 1.165) is 0 Å². The van der Waals surface area contributed by atoms with E-state index in [4.69, 9.17) is 0 Å². The fraction of sp³-hybridized carbons (Fsp3) is 0.667. The Morgan fingerprint density at radius 3 is 1.58 bits per heavy atom. The summed E-state index contributed by atoms with van der Waals surface area (Å²) in [4.78, 5) is 20.9. The van der Waals surface area contributed by atoms with Gasteiger partial charge < -0.3 is 18.9 Å². The highest BCUT2D eigenvalue weighted by Crippen LogP contribution is 2.17. The van der Waals surface area contributed by atoms with Crippen LogP contribution in [0.1, 0.15) is 0 Å². The molecule has 2 aliphatic rings. The molecule has 2 atom stereocenters. The maximum Gasteiger partial charge on any atom is 0.508 e. The summed E-state index contributed by atoms with van der Waals surface area (Å²) in [7, 11) is 0. The largest absolute Gasteiger partial charge is 0.508 e. The SMILES string of the molecule is O=C1OC[C@@H]([C@@H]2COC(=O)O2)O1. The van der Waals surface area contributed by atoms with E-state index >= 15 is 0 Å². The molecule has 6 heteroatoms. The monoisotopic (exact) mass is 174 g/mol. The lowest BCUT2D eigenvalue weighted by atomic mass is 10.2. The fourth-order valence-electron chi connectivity index (χ4n) is 1.05. The Bertz CT molecular complexity index is 200. The van der Waals surface area contributed by atoms with Crippen molar-refractivity contribution < 1.29 is 28.5 Å². The van der Waals surface area contributed by atoms with Gasteiger partial charge in [0.25, 0.3) is 0 Å². The van der Waals surface area contributed by atoms with Gasteiger partial charge >= 0.3 is 12.3 Å². The minimum Gasteiger partial charge on any atom is -0.430 e. The van der Waals surface area contributed by atoms with Crippen LogP contribution in [0, 0.1) is 0 Å². The Kier molecular flexibility index (Phi) is 1.53. The number of hydrogen-bond acceptors (Lipinski definition) is 6. The summed E-state index contributed by atoms with van der Waals surface area (Å²) in [6, 6.07) is 0. The second-order valence-corrected chi connectivity index (χ2v) is 2.43. The van der Waals surface area contributed by atoms with Crippen LogP contribution >= 0.6 is 0 Å². The van der Waals surface area contributed by atoms with Crippen LogP contribution in [-0.4, -0.2) is 37.7 Å². The highest BCUT2D eigenvalue weighted by atomic mass is 16.8. The van der Waals surface area contributed by atoms with Gasteiger partial charge in [-0.15, -0.1) is 0 Å². The molecule has 66 valence electrons. The molecule has 2 heterocycles. The van der Waals surface area contributed by atoms with Crippen molar-refractivity contribution in [2.24, 2.45) is 0 Å². The molecule has 0 saturated carbocycles. The first kappa shape index (κ1) is 7.20. The number of cyclic esters (lactones) is 4. The third-order valence-electron chi connectivity index (χ3n) is 1.64. The van der Waals surface area contributed by atoms with Gasteiger partial charge in [-0.05, 0) is 0 Å². The zero-order chi connectivity index (χ0) is 8.55. The van der Waals surface area contributed by atoms with E-state index in [-0.39, 0.29) is 13.2 Å². The second kappa shape index (κ2) is 2.54. The van der Waals surface area contributed by atoms with Crippen molar-refractivity contribution in [1.82, 2.24) is 0 Å². The molecule has 0 aromatic rings. The first-order valence-corrected chi connectivity index (χ1v) is 3.42. The maximum absolute atomic E-state index is 10.5. The summed E-state index contributed by atoms with van der Waals surface area (Å²) in [5.74, 6) is 0. The summed E-state index contributed by atoms with van der Waals surface area (Å²) in [6.45, 7) is 0.223. The lowest BCUT2D eigenvalue weighted by molar-refractivity contribution is 0.0434. The predicted octanol–water partition coefficient (Wildman–Crippen LogP) is 0.0572. The maximum atomic E-state index is 10.5. The van der Waals surface area contributed by atoms with Gasteiger partial charge in [0.2, 0.25) is 0 Å². The van der Waals surface area contributed by atoms with Crippen LogP contribution in [-0.2, 0) is 18.9 Å². The van der Waals surface area contributed by atoms with Crippen molar-refractivity contribution in [3.8, 4) is 0 Å². The van der Waals surface area contributed by atoms with Crippen molar-refractivity contribution >= 4 is 12.3 Å². The number of carbonyl (C=O) groups is 2. The van der Waals surface area contributed by atoms with Gasteiger partial charge in [-0.25, -0.2) is 9.59 Å². The Labute approximate surface area is 67.3 Å². The standard InChI is InChI=1S/C6H6O6/c7-5-9-1-3(11-5)4-2-10-6(8)12-4/h3-4H,1-2H2/t3-,4-/m0/s1. The highest BCUT2D eigenvalue weighted by Gasteiger charge is 2.39. The minimum absolute atomic E-state index is 0.111. The van der Waals surface area contributed by atoms with E-state index in [1.54, 1.807) is 0 Å². The number of hydrogen-bond donors (Lipinski definition) is 0. The molecule has 6 nitrogen and oxygen atoms in total. The van der Waals surface area contributed by atoms with Crippen LogP contribution in [0.5, 0.6) is 0 Å². The zero-order valence-electron chi connectivity index (χ0n) is 6.02. The van der Waals surface area contributed by atoms with Gasteiger partial charge in [-0.1, -0.05) is 0 Å². The van der Waals surface area contributed by atoms with Gasteiger partial charge in [-0.3, -0.25) is 0 Å². The van der Waals surface area contributed by atoms with Crippen LogP contribution in [0.4, 0.5) is 9.59 Å². The molecule has 0 unspecified atom stereocenters. The van der Waals surface area contributed by atoms with E-state index in [2.05, 4.69) is 18.9 Å². The molecule has 0 aromatic carbocycles. The third kappa shape index (κ3) is 1.15. The molecule has 0 bridgehead atoms. The lowest BCUT2D eigenvalue weighted by Gasteiger charge is -2.09. The van der Waals surface area contributed by atoms with E-state index in [1.165, 1.54) is 0 Å². The number of rotatable bonds is 1. The molecule has 2 fully saturated rings. The van der Waals surface area contributed by atoms with E-state index in [0.29, 0.717) is 0 Å². The first-order valence-electron chi connectivity index (χ1n) is 3.42. The molecule has 2 aliphatic heterocycles. The van der Waals surface area contributed by atoms with E-state index in [1.807, 2.05) is 0 Å². The summed E-state index contributed by atoms with van der Waals surface area (Å²) in [5.41, 5.74) is 0. The van der Waals surface area contributed by atoms with Crippen molar-refractivity contribution in [3.63, 3.8) is 0 Å². The number of ether oxygens (including phenoxy) is 4. The Balaban J connectivity index is 1.93. The molecule has 12 heavy (non-hydrogen) atoms. The van der Waals surface area contributed by atoms with Crippen molar-refractivity contribution in [2.75, 3.05) is 13.2 Å². The van der Waals surface area contributed by atoms with Crippen LogP contribution in [0.2, 0.25) is 0 Å². The van der Waals surface area contributed by atoms with Crippen LogP contribution < -0.4 is 0 Å². The summed E-state index contributed by atoms with van der Waals surface area (Å²) >= 11 is 0. The highest BCUT2D eigenvalue weighted by molar-refractivity contribution is 5.64. The minimum atomic E-state index is -0.733. The third-order valence-corrected chi connectivity index (χ3v) is 1.64. The van der Waals surface area contributed by atoms with Gasteiger partial charge in [0, 0.05) is 0 Å². The Hall–Kier alpha value is -1.46. The molecule has 0 aliphatic carbocycles. The van der Waals surface area contributed by atoms with E-state index in [9.17, 15) is 9.59 Å². The lowest BCUT2D eigenvalue weighted by Crippen LogP contribution is -2.30. The number of carbonyl (C=O) groups excluding carboxylic acids is 2. The van der Waals surface area contributed by atoms with Crippen molar-refractivity contribution in [3.05, 3.63) is 0 Å². The Morgan fingerprint density at radius 2 is 1.33 bits per heavy atom. The molecule has 0 amide bonds. The van der Waals surface area contributed by atoms with Gasteiger partial charge in [0.1, 0.15) is 13.2 Å². The molecule has 2 saturated heterocycles. The molecule has 0 spiro atoms. The second-order valence-electron chi connectivity index (χ2n) is 2.43. The van der Waals surface area contributed by atoms with Gasteiger partial charge in [0.15, 0.2) is 12.2 Å². The predicted molar refractivity (Wildman–Crippen MR) is 32.4 cm³/mol. The van der Waals surface area contributed by atoms with Gasteiger partial charge in [0.05, 0.1) is 0 Å². The molecule has 0 aromatic heterocycles. The summed E-state index contributed by atoms with van der Waals surface area (Å²) < 4.78 is 18.4. The molecular weight excluding hydrogens is 168 g/mol. The van der Waals surface area contributed by atoms with E-state index < -0.39 is 24.5 Å². The van der Waals surface area contributed by atoms with Crippen LogP contribution in [0.25, 0.3) is 0 Å². The fourth-order valence-corrected chi connectivity index (χ4v) is 1.05. The van der Waals surface area contributed by atoms with Crippen LogP contribution in [0.15, 0.2) is 0 Å². The normalized spacial score (nSPS) is 33.7. The summed E-state index contributed by atoms with van der Waals surface area (Å²) in [5, 5.41) is 0. The average molecular weight is 174 g/mol. The summed E-state index contributed by atoms with van der Waals surface area (Å²) in [6.07, 6.45) is -2.52. The van der Waals surface area contributed by atoms with Crippen LogP contribution in [0.3, 0.4) is 0 Å². The Morgan fingerprint density at radius 1 is 0.917 bits per heavy atom. The molecule has 2 rings (SSSR count). The van der Waals surface area contributed by atoms with Crippen molar-refractivity contribution in [2.45, 2.75) is 12.2 Å². The quantitative estimate of drug-likeness (QED) is 0.523. The molecule has 0 N–H and O–H groups in total.